The zero-order chi connectivity index (χ0) is 17.4. The highest BCUT2D eigenvalue weighted by Crippen LogP contribution is 2.62. The molecule has 1 spiro atoms. The summed E-state index contributed by atoms with van der Waals surface area (Å²) in [7, 11) is 3.57. The lowest BCUT2D eigenvalue weighted by atomic mass is 9.46. The van der Waals surface area contributed by atoms with Gasteiger partial charge in [0, 0.05) is 44.1 Å². The van der Waals surface area contributed by atoms with Gasteiger partial charge in [0.2, 0.25) is 5.91 Å². The molecule has 3 atom stereocenters. The molecule has 7 heteroatoms. The first-order valence-corrected chi connectivity index (χ1v) is 9.99. The maximum atomic E-state index is 12.0. The van der Waals surface area contributed by atoms with Crippen molar-refractivity contribution in [3.05, 3.63) is 0 Å². The van der Waals surface area contributed by atoms with Crippen LogP contribution < -0.4 is 10.6 Å². The lowest BCUT2D eigenvalue weighted by Gasteiger charge is -2.63. The van der Waals surface area contributed by atoms with E-state index in [4.69, 9.17) is 4.74 Å². The van der Waals surface area contributed by atoms with Gasteiger partial charge < -0.3 is 20.3 Å². The van der Waals surface area contributed by atoms with E-state index in [1.165, 1.54) is 44.9 Å². The molecule has 0 aromatic rings. The number of likely N-dealkylation sites (N-methyl/N-ethyl adjacent to an activating group) is 1. The second-order valence-electron chi connectivity index (χ2n) is 8.53. The Balaban J connectivity index is 0.00000196. The van der Waals surface area contributed by atoms with E-state index in [0.29, 0.717) is 29.5 Å². The van der Waals surface area contributed by atoms with Crippen LogP contribution in [0.1, 0.15) is 51.4 Å². The number of hydrogen-bond donors (Lipinski definition) is 2. The molecule has 1 amide bonds. The van der Waals surface area contributed by atoms with Crippen molar-refractivity contribution in [3.63, 3.8) is 0 Å². The first-order chi connectivity index (χ1) is 12.1. The smallest absolute Gasteiger partial charge is 0.243 e. The van der Waals surface area contributed by atoms with E-state index in [0.717, 1.165) is 19.0 Å². The standard InChI is InChI=1S/C19H32N4O2.HI/c1-23(2)15(24)12-20-18(21-13-6-3-4-7-13)22-16-14-8-11-25-17(14)19(16)9-5-10-19;/h13-14,16-17H,3-12H2,1-2H3,(H2,20,21,22);1H. The van der Waals surface area contributed by atoms with E-state index >= 15 is 0 Å². The first-order valence-electron chi connectivity index (χ1n) is 9.99. The van der Waals surface area contributed by atoms with Crippen LogP contribution in [-0.4, -0.2) is 62.2 Å². The number of aliphatic imine (C=N–C) groups is 1. The summed E-state index contributed by atoms with van der Waals surface area (Å²) in [5, 5.41) is 7.33. The van der Waals surface area contributed by atoms with Crippen LogP contribution in [0.4, 0.5) is 0 Å². The molecule has 2 N–H and O–H groups in total. The van der Waals surface area contributed by atoms with Gasteiger partial charge in [-0.25, -0.2) is 4.99 Å². The summed E-state index contributed by atoms with van der Waals surface area (Å²) in [6, 6.07) is 0.949. The Morgan fingerprint density at radius 1 is 1.15 bits per heavy atom. The number of fused-ring (bicyclic) bond motifs is 2. The van der Waals surface area contributed by atoms with Gasteiger partial charge in [0.1, 0.15) is 6.54 Å². The quantitative estimate of drug-likeness (QED) is 0.371. The predicted molar refractivity (Wildman–Crippen MR) is 113 cm³/mol. The minimum Gasteiger partial charge on any atom is -0.377 e. The van der Waals surface area contributed by atoms with Gasteiger partial charge >= 0.3 is 0 Å². The normalized spacial score (nSPS) is 32.2. The number of nitrogens with zero attached hydrogens (tertiary/aromatic N) is 2. The Kier molecular flexibility index (Phi) is 6.37. The van der Waals surface area contributed by atoms with E-state index in [-0.39, 0.29) is 36.4 Å². The van der Waals surface area contributed by atoms with Crippen LogP contribution >= 0.6 is 24.0 Å². The minimum absolute atomic E-state index is 0. The molecule has 0 radical (unpaired) electrons. The van der Waals surface area contributed by atoms with Crippen molar-refractivity contribution in [2.75, 3.05) is 27.2 Å². The van der Waals surface area contributed by atoms with E-state index < -0.39 is 0 Å². The monoisotopic (exact) mass is 476 g/mol. The van der Waals surface area contributed by atoms with E-state index in [9.17, 15) is 4.79 Å². The number of hydrogen-bond acceptors (Lipinski definition) is 3. The fraction of sp³-hybridized carbons (Fsp3) is 0.895. The van der Waals surface area contributed by atoms with Crippen molar-refractivity contribution in [2.24, 2.45) is 16.3 Å². The molecule has 0 bridgehead atoms. The highest BCUT2D eigenvalue weighted by atomic mass is 127. The van der Waals surface area contributed by atoms with Gasteiger partial charge in [-0.3, -0.25) is 4.79 Å². The lowest BCUT2D eigenvalue weighted by molar-refractivity contribution is -0.171. The molecule has 6 nitrogen and oxygen atoms in total. The molecular formula is C19H33IN4O2. The lowest BCUT2D eigenvalue weighted by Crippen LogP contribution is -2.72. The summed E-state index contributed by atoms with van der Waals surface area (Å²) in [5.41, 5.74) is 0.324. The maximum Gasteiger partial charge on any atom is 0.243 e. The summed E-state index contributed by atoms with van der Waals surface area (Å²) in [5.74, 6) is 1.49. The van der Waals surface area contributed by atoms with Crippen molar-refractivity contribution < 1.29 is 9.53 Å². The summed E-state index contributed by atoms with van der Waals surface area (Å²) in [6.07, 6.45) is 10.4. The van der Waals surface area contributed by atoms with Gasteiger partial charge in [0.15, 0.2) is 5.96 Å². The topological polar surface area (TPSA) is 66.0 Å². The molecule has 1 heterocycles. The zero-order valence-corrected chi connectivity index (χ0v) is 18.3. The number of halogens is 1. The van der Waals surface area contributed by atoms with Crippen molar-refractivity contribution in [3.8, 4) is 0 Å². The minimum atomic E-state index is 0. The highest BCUT2D eigenvalue weighted by molar-refractivity contribution is 14.0. The van der Waals surface area contributed by atoms with Crippen molar-refractivity contribution in [2.45, 2.75) is 69.6 Å². The number of amides is 1. The van der Waals surface area contributed by atoms with Gasteiger partial charge in [-0.05, 0) is 32.1 Å². The Hall–Kier alpha value is -0.570. The van der Waals surface area contributed by atoms with Gasteiger partial charge in [-0.15, -0.1) is 24.0 Å². The number of rotatable bonds is 4. The molecule has 148 valence electrons. The van der Waals surface area contributed by atoms with Crippen LogP contribution in [0.2, 0.25) is 0 Å². The molecular weight excluding hydrogens is 443 g/mol. The average Bonchev–Trinajstić information content (AvgIpc) is 3.18. The Morgan fingerprint density at radius 2 is 1.88 bits per heavy atom. The molecule has 0 aromatic heterocycles. The third-order valence-corrected chi connectivity index (χ3v) is 6.90. The third kappa shape index (κ3) is 3.57. The van der Waals surface area contributed by atoms with E-state index in [1.54, 1.807) is 19.0 Å². The van der Waals surface area contributed by atoms with Gasteiger partial charge in [0.25, 0.3) is 0 Å². The first kappa shape index (κ1) is 20.2. The SMILES string of the molecule is CN(C)C(=O)CN=C(NC1CCCC1)NC1C2CCOC2C12CCC2.I. The fourth-order valence-corrected chi connectivity index (χ4v) is 5.29. The highest BCUT2D eigenvalue weighted by Gasteiger charge is 2.66. The molecule has 3 saturated carbocycles. The zero-order valence-electron chi connectivity index (χ0n) is 16.0. The number of carbonyl (C=O) groups is 1. The third-order valence-electron chi connectivity index (χ3n) is 6.90. The second kappa shape index (κ2) is 8.20. The van der Waals surface area contributed by atoms with Crippen LogP contribution in [0.15, 0.2) is 4.99 Å². The summed E-state index contributed by atoms with van der Waals surface area (Å²) in [4.78, 5) is 18.2. The van der Waals surface area contributed by atoms with Crippen LogP contribution in [0.5, 0.6) is 0 Å². The molecule has 3 unspecified atom stereocenters. The van der Waals surface area contributed by atoms with Gasteiger partial charge in [-0.2, -0.15) is 0 Å². The predicted octanol–water partition coefficient (Wildman–Crippen LogP) is 2.13. The molecule has 3 aliphatic carbocycles. The van der Waals surface area contributed by atoms with Crippen LogP contribution in [-0.2, 0) is 9.53 Å². The molecule has 1 saturated heterocycles. The van der Waals surface area contributed by atoms with Crippen LogP contribution in [0.25, 0.3) is 0 Å². The van der Waals surface area contributed by atoms with E-state index in [1.807, 2.05) is 0 Å². The Labute approximate surface area is 173 Å². The molecule has 4 rings (SSSR count). The van der Waals surface area contributed by atoms with Crippen molar-refractivity contribution in [1.82, 2.24) is 15.5 Å². The Morgan fingerprint density at radius 3 is 2.50 bits per heavy atom. The second-order valence-corrected chi connectivity index (χ2v) is 8.53. The largest absolute Gasteiger partial charge is 0.377 e. The van der Waals surface area contributed by atoms with Crippen molar-refractivity contribution in [1.29, 1.82) is 0 Å². The fourth-order valence-electron chi connectivity index (χ4n) is 5.29. The average molecular weight is 476 g/mol. The van der Waals surface area contributed by atoms with Crippen molar-refractivity contribution >= 4 is 35.8 Å². The van der Waals surface area contributed by atoms with Gasteiger partial charge in [0.05, 0.1) is 6.10 Å². The maximum absolute atomic E-state index is 12.0. The molecule has 1 aliphatic heterocycles. The van der Waals surface area contributed by atoms with Crippen LogP contribution in [0, 0.1) is 11.3 Å². The molecule has 4 aliphatic rings. The van der Waals surface area contributed by atoms with E-state index in [2.05, 4.69) is 15.6 Å². The number of ether oxygens (including phenoxy) is 1. The summed E-state index contributed by atoms with van der Waals surface area (Å²) in [6.45, 7) is 1.11. The summed E-state index contributed by atoms with van der Waals surface area (Å²) < 4.78 is 6.02. The molecule has 4 fully saturated rings. The number of guanidine groups is 1. The van der Waals surface area contributed by atoms with Gasteiger partial charge in [-0.1, -0.05) is 19.3 Å². The molecule has 0 aromatic carbocycles. The number of nitrogens with one attached hydrogen (secondary N) is 2. The summed E-state index contributed by atoms with van der Waals surface area (Å²) >= 11 is 0. The molecule has 26 heavy (non-hydrogen) atoms. The van der Waals surface area contributed by atoms with Crippen LogP contribution in [0.3, 0.4) is 0 Å². The number of carbonyl (C=O) groups excluding carboxylic acids is 1. The Bertz CT molecular complexity index is 544.